The highest BCUT2D eigenvalue weighted by Crippen LogP contribution is 2.23. The summed E-state index contributed by atoms with van der Waals surface area (Å²) in [5.41, 5.74) is 6.33. The molecule has 6 nitrogen and oxygen atoms in total. The quantitative estimate of drug-likeness (QED) is 0.675. The summed E-state index contributed by atoms with van der Waals surface area (Å²) in [4.78, 5) is 24.2. The van der Waals surface area contributed by atoms with Gasteiger partial charge in [-0.25, -0.2) is 0 Å². The van der Waals surface area contributed by atoms with Gasteiger partial charge in [0, 0.05) is 36.8 Å². The molecular formula is C14H19N3O3. The van der Waals surface area contributed by atoms with E-state index in [2.05, 4.69) is 0 Å². The summed E-state index contributed by atoms with van der Waals surface area (Å²) in [7, 11) is 1.78. The van der Waals surface area contributed by atoms with Crippen LogP contribution in [-0.4, -0.2) is 34.9 Å². The third-order valence-electron chi connectivity index (χ3n) is 3.93. The summed E-state index contributed by atoms with van der Waals surface area (Å²) in [5.74, 6) is -0.0969. The SMILES string of the molecule is CN(C(=O)c1ccc([N+](=O)[O-])cc1)C1CCC(N)CC1. The highest BCUT2D eigenvalue weighted by atomic mass is 16.6. The van der Waals surface area contributed by atoms with Gasteiger partial charge in [-0.15, -0.1) is 0 Å². The van der Waals surface area contributed by atoms with E-state index in [1.165, 1.54) is 24.3 Å². The van der Waals surface area contributed by atoms with E-state index < -0.39 is 4.92 Å². The third-order valence-corrected chi connectivity index (χ3v) is 3.93. The van der Waals surface area contributed by atoms with E-state index in [1.54, 1.807) is 11.9 Å². The molecule has 0 atom stereocenters. The van der Waals surface area contributed by atoms with Gasteiger partial charge in [0.1, 0.15) is 0 Å². The first-order valence-corrected chi connectivity index (χ1v) is 6.76. The number of amides is 1. The number of nitro groups is 1. The predicted octanol–water partition coefficient (Wildman–Crippen LogP) is 1.94. The van der Waals surface area contributed by atoms with Crippen molar-refractivity contribution >= 4 is 11.6 Å². The molecule has 0 aromatic heterocycles. The van der Waals surface area contributed by atoms with Gasteiger partial charge < -0.3 is 10.6 Å². The average molecular weight is 277 g/mol. The van der Waals surface area contributed by atoms with Gasteiger partial charge in [-0.05, 0) is 37.8 Å². The maximum Gasteiger partial charge on any atom is 0.269 e. The van der Waals surface area contributed by atoms with Crippen LogP contribution in [0.2, 0.25) is 0 Å². The van der Waals surface area contributed by atoms with E-state index in [-0.39, 0.29) is 23.7 Å². The van der Waals surface area contributed by atoms with Gasteiger partial charge in [-0.3, -0.25) is 14.9 Å². The minimum atomic E-state index is -0.472. The fourth-order valence-electron chi connectivity index (χ4n) is 2.58. The standard InChI is InChI=1S/C14H19N3O3/c1-16(12-8-4-11(15)5-9-12)14(18)10-2-6-13(7-3-10)17(19)20/h2-3,6-7,11-12H,4-5,8-9,15H2,1H3. The molecule has 6 heteroatoms. The molecule has 1 amide bonds. The molecule has 20 heavy (non-hydrogen) atoms. The topological polar surface area (TPSA) is 89.5 Å². The van der Waals surface area contributed by atoms with Crippen LogP contribution in [-0.2, 0) is 0 Å². The molecule has 1 aromatic rings. The monoisotopic (exact) mass is 277 g/mol. The Bertz CT molecular complexity index is 493. The van der Waals surface area contributed by atoms with Crippen molar-refractivity contribution in [2.45, 2.75) is 37.8 Å². The van der Waals surface area contributed by atoms with Gasteiger partial charge in [0.05, 0.1) is 4.92 Å². The summed E-state index contributed by atoms with van der Waals surface area (Å²) in [5, 5.41) is 10.6. The van der Waals surface area contributed by atoms with Crippen molar-refractivity contribution < 1.29 is 9.72 Å². The van der Waals surface area contributed by atoms with Crippen molar-refractivity contribution in [3.8, 4) is 0 Å². The first-order chi connectivity index (χ1) is 9.49. The smallest absolute Gasteiger partial charge is 0.269 e. The van der Waals surface area contributed by atoms with Crippen LogP contribution < -0.4 is 5.73 Å². The fourth-order valence-corrected chi connectivity index (χ4v) is 2.58. The maximum absolute atomic E-state index is 12.3. The number of nitro benzene ring substituents is 1. The molecule has 0 saturated heterocycles. The Kier molecular flexibility index (Phi) is 4.34. The van der Waals surface area contributed by atoms with Crippen molar-refractivity contribution in [2.75, 3.05) is 7.05 Å². The van der Waals surface area contributed by atoms with E-state index in [4.69, 9.17) is 5.73 Å². The molecule has 0 radical (unpaired) electrons. The molecule has 0 aliphatic heterocycles. The van der Waals surface area contributed by atoms with Crippen molar-refractivity contribution in [3.05, 3.63) is 39.9 Å². The number of carbonyl (C=O) groups excluding carboxylic acids is 1. The molecule has 1 aliphatic rings. The number of non-ortho nitro benzene ring substituents is 1. The number of nitrogens with two attached hydrogens (primary N) is 1. The van der Waals surface area contributed by atoms with Crippen LogP contribution in [0.4, 0.5) is 5.69 Å². The Balaban J connectivity index is 2.04. The van der Waals surface area contributed by atoms with E-state index in [0.29, 0.717) is 5.56 Å². The first-order valence-electron chi connectivity index (χ1n) is 6.76. The molecular weight excluding hydrogens is 258 g/mol. The lowest BCUT2D eigenvalue weighted by Crippen LogP contribution is -2.41. The van der Waals surface area contributed by atoms with Crippen LogP contribution >= 0.6 is 0 Å². The lowest BCUT2D eigenvalue weighted by atomic mass is 9.90. The highest BCUT2D eigenvalue weighted by Gasteiger charge is 2.25. The van der Waals surface area contributed by atoms with E-state index in [1.807, 2.05) is 0 Å². The average Bonchev–Trinajstić information content (AvgIpc) is 2.46. The second kappa shape index (κ2) is 6.00. The summed E-state index contributed by atoms with van der Waals surface area (Å²) < 4.78 is 0. The zero-order valence-corrected chi connectivity index (χ0v) is 11.5. The Morgan fingerprint density at radius 3 is 2.30 bits per heavy atom. The number of rotatable bonds is 3. The van der Waals surface area contributed by atoms with Crippen LogP contribution in [0.25, 0.3) is 0 Å². The molecule has 1 aromatic carbocycles. The van der Waals surface area contributed by atoms with Gasteiger partial charge in [-0.2, -0.15) is 0 Å². The minimum absolute atomic E-state index is 0.00663. The molecule has 0 bridgehead atoms. The lowest BCUT2D eigenvalue weighted by molar-refractivity contribution is -0.384. The second-order valence-electron chi connectivity index (χ2n) is 5.29. The van der Waals surface area contributed by atoms with Gasteiger partial charge in [0.2, 0.25) is 0 Å². The number of hydrogen-bond donors (Lipinski definition) is 1. The van der Waals surface area contributed by atoms with Crippen molar-refractivity contribution in [1.29, 1.82) is 0 Å². The van der Waals surface area contributed by atoms with Crippen molar-refractivity contribution in [1.82, 2.24) is 4.90 Å². The van der Waals surface area contributed by atoms with E-state index in [0.717, 1.165) is 25.7 Å². The maximum atomic E-state index is 12.3. The first kappa shape index (κ1) is 14.5. The molecule has 2 rings (SSSR count). The van der Waals surface area contributed by atoms with Crippen LogP contribution in [0.5, 0.6) is 0 Å². The molecule has 1 saturated carbocycles. The second-order valence-corrected chi connectivity index (χ2v) is 5.29. The Labute approximate surface area is 117 Å². The van der Waals surface area contributed by atoms with Gasteiger partial charge >= 0.3 is 0 Å². The zero-order chi connectivity index (χ0) is 14.7. The van der Waals surface area contributed by atoms with Crippen LogP contribution in [0.1, 0.15) is 36.0 Å². The highest BCUT2D eigenvalue weighted by molar-refractivity contribution is 5.94. The molecule has 108 valence electrons. The Hall–Kier alpha value is -1.95. The van der Waals surface area contributed by atoms with Gasteiger partial charge in [0.25, 0.3) is 11.6 Å². The molecule has 0 unspecified atom stereocenters. The third kappa shape index (κ3) is 3.14. The van der Waals surface area contributed by atoms with E-state index >= 15 is 0 Å². The Morgan fingerprint density at radius 2 is 1.80 bits per heavy atom. The molecule has 1 aliphatic carbocycles. The largest absolute Gasteiger partial charge is 0.339 e. The van der Waals surface area contributed by atoms with Gasteiger partial charge in [0.15, 0.2) is 0 Å². The predicted molar refractivity (Wildman–Crippen MR) is 75.4 cm³/mol. The Morgan fingerprint density at radius 1 is 1.25 bits per heavy atom. The fraction of sp³-hybridized carbons (Fsp3) is 0.500. The van der Waals surface area contributed by atoms with Crippen LogP contribution in [0.3, 0.4) is 0 Å². The van der Waals surface area contributed by atoms with E-state index in [9.17, 15) is 14.9 Å². The molecule has 0 heterocycles. The lowest BCUT2D eigenvalue weighted by Gasteiger charge is -2.33. The molecule has 0 spiro atoms. The number of benzene rings is 1. The number of hydrogen-bond acceptors (Lipinski definition) is 4. The number of nitrogens with zero attached hydrogens (tertiary/aromatic N) is 2. The van der Waals surface area contributed by atoms with Crippen LogP contribution in [0.15, 0.2) is 24.3 Å². The van der Waals surface area contributed by atoms with Gasteiger partial charge in [-0.1, -0.05) is 0 Å². The zero-order valence-electron chi connectivity index (χ0n) is 11.5. The minimum Gasteiger partial charge on any atom is -0.339 e. The summed E-state index contributed by atoms with van der Waals surface area (Å²) in [6.45, 7) is 0. The van der Waals surface area contributed by atoms with Crippen molar-refractivity contribution in [3.63, 3.8) is 0 Å². The summed E-state index contributed by atoms with van der Waals surface area (Å²) in [6, 6.07) is 6.18. The molecule has 2 N–H and O–H groups in total. The number of carbonyl (C=O) groups is 1. The molecule has 1 fully saturated rings. The summed E-state index contributed by atoms with van der Waals surface area (Å²) in [6.07, 6.45) is 3.69. The van der Waals surface area contributed by atoms with Crippen molar-refractivity contribution in [2.24, 2.45) is 5.73 Å². The summed E-state index contributed by atoms with van der Waals surface area (Å²) >= 11 is 0. The normalized spacial score (nSPS) is 22.3. The van der Waals surface area contributed by atoms with Crippen LogP contribution in [0, 0.1) is 10.1 Å².